The van der Waals surface area contributed by atoms with E-state index in [9.17, 15) is 0 Å². The van der Waals surface area contributed by atoms with Crippen molar-refractivity contribution in [2.24, 2.45) is 5.73 Å². The van der Waals surface area contributed by atoms with Crippen LogP contribution < -0.4 is 10.6 Å². The van der Waals surface area contributed by atoms with E-state index in [0.29, 0.717) is 6.04 Å². The van der Waals surface area contributed by atoms with Gasteiger partial charge in [-0.15, -0.1) is 0 Å². The number of anilines is 1. The summed E-state index contributed by atoms with van der Waals surface area (Å²) in [7, 11) is 2.15. The van der Waals surface area contributed by atoms with Gasteiger partial charge in [-0.3, -0.25) is 5.41 Å². The molecule has 2 rings (SSSR count). The van der Waals surface area contributed by atoms with Crippen molar-refractivity contribution < 1.29 is 0 Å². The van der Waals surface area contributed by atoms with Crippen molar-refractivity contribution in [2.75, 3.05) is 31.6 Å². The van der Waals surface area contributed by atoms with Gasteiger partial charge in [0.15, 0.2) is 0 Å². The Morgan fingerprint density at radius 1 is 1.47 bits per heavy atom. The topological polar surface area (TPSA) is 69.2 Å². The van der Waals surface area contributed by atoms with E-state index in [1.54, 1.807) is 6.20 Å². The van der Waals surface area contributed by atoms with Crippen molar-refractivity contribution in [1.82, 2.24) is 9.88 Å². The van der Waals surface area contributed by atoms with E-state index < -0.39 is 0 Å². The molecule has 1 saturated heterocycles. The molecule has 0 saturated carbocycles. The average molecular weight is 261 g/mol. The number of pyridine rings is 1. The molecule has 5 heteroatoms. The lowest BCUT2D eigenvalue weighted by atomic mass is 10.1. The molecule has 0 spiro atoms. The number of nitrogens with two attached hydrogens (primary N) is 1. The van der Waals surface area contributed by atoms with Gasteiger partial charge in [-0.2, -0.15) is 0 Å². The Kier molecular flexibility index (Phi) is 4.04. The van der Waals surface area contributed by atoms with Crippen LogP contribution in [0.4, 0.5) is 5.82 Å². The molecule has 104 valence electrons. The van der Waals surface area contributed by atoms with Crippen LogP contribution in [-0.4, -0.2) is 48.4 Å². The molecule has 0 amide bonds. The smallest absolute Gasteiger partial charge is 0.140 e. The average Bonchev–Trinajstić information content (AvgIpc) is 2.49. The summed E-state index contributed by atoms with van der Waals surface area (Å²) in [5.41, 5.74) is 7.53. The fraction of sp³-hybridized carbons (Fsp3) is 0.571. The van der Waals surface area contributed by atoms with Crippen LogP contribution >= 0.6 is 0 Å². The molecule has 1 aliphatic rings. The minimum Gasteiger partial charge on any atom is -0.384 e. The molecule has 0 radical (unpaired) electrons. The van der Waals surface area contributed by atoms with E-state index in [4.69, 9.17) is 11.1 Å². The van der Waals surface area contributed by atoms with E-state index >= 15 is 0 Å². The molecule has 1 atom stereocenters. The molecule has 19 heavy (non-hydrogen) atoms. The fourth-order valence-corrected chi connectivity index (χ4v) is 2.78. The molecule has 1 aromatic heterocycles. The highest BCUT2D eigenvalue weighted by atomic mass is 15.3. The highest BCUT2D eigenvalue weighted by molar-refractivity contribution is 6.01. The van der Waals surface area contributed by atoms with Crippen LogP contribution in [-0.2, 0) is 0 Å². The third kappa shape index (κ3) is 2.87. The van der Waals surface area contributed by atoms with Gasteiger partial charge in [-0.05, 0) is 45.5 Å². The Morgan fingerprint density at radius 2 is 2.21 bits per heavy atom. The summed E-state index contributed by atoms with van der Waals surface area (Å²) in [5.74, 6) is 0.959. The van der Waals surface area contributed by atoms with E-state index in [1.165, 1.54) is 0 Å². The lowest BCUT2D eigenvalue weighted by Gasteiger charge is -2.31. The van der Waals surface area contributed by atoms with E-state index in [1.807, 2.05) is 13.0 Å². The highest BCUT2D eigenvalue weighted by Crippen LogP contribution is 2.24. The van der Waals surface area contributed by atoms with Crippen molar-refractivity contribution in [3.05, 3.63) is 23.4 Å². The fourth-order valence-electron chi connectivity index (χ4n) is 2.78. The molecule has 0 aromatic carbocycles. The second-order valence-corrected chi connectivity index (χ2v) is 5.40. The minimum absolute atomic E-state index is 0.102. The number of hydrogen-bond donors (Lipinski definition) is 2. The first-order valence-corrected chi connectivity index (χ1v) is 6.76. The van der Waals surface area contributed by atoms with Crippen molar-refractivity contribution >= 4 is 11.7 Å². The molecule has 1 unspecified atom stereocenters. The van der Waals surface area contributed by atoms with Crippen molar-refractivity contribution in [1.29, 1.82) is 5.41 Å². The van der Waals surface area contributed by atoms with Crippen molar-refractivity contribution in [3.8, 4) is 0 Å². The number of aromatic nitrogens is 1. The van der Waals surface area contributed by atoms with Gasteiger partial charge in [-0.25, -0.2) is 4.98 Å². The Balaban J connectivity index is 2.40. The number of amidine groups is 1. The first-order chi connectivity index (χ1) is 9.00. The highest BCUT2D eigenvalue weighted by Gasteiger charge is 2.24. The Hall–Kier alpha value is -1.62. The molecular formula is C14H23N5. The van der Waals surface area contributed by atoms with E-state index in [-0.39, 0.29) is 5.84 Å². The molecule has 1 aliphatic heterocycles. The molecule has 0 aliphatic carbocycles. The third-order valence-corrected chi connectivity index (χ3v) is 3.73. The number of nitrogens with one attached hydrogen (secondary N) is 1. The molecule has 0 bridgehead atoms. The molecule has 1 aromatic rings. The molecule has 2 heterocycles. The Morgan fingerprint density at radius 3 is 2.89 bits per heavy atom. The van der Waals surface area contributed by atoms with Gasteiger partial charge in [0.05, 0.1) is 5.56 Å². The molecule has 1 fully saturated rings. The van der Waals surface area contributed by atoms with Gasteiger partial charge in [0.1, 0.15) is 11.7 Å². The van der Waals surface area contributed by atoms with Crippen LogP contribution in [0, 0.1) is 12.3 Å². The summed E-state index contributed by atoms with van der Waals surface area (Å²) in [6, 6.07) is 2.29. The lowest BCUT2D eigenvalue weighted by molar-refractivity contribution is 0.337. The zero-order chi connectivity index (χ0) is 14.0. The predicted molar refractivity (Wildman–Crippen MR) is 78.9 cm³/mol. The zero-order valence-electron chi connectivity index (χ0n) is 12.0. The van der Waals surface area contributed by atoms with Crippen LogP contribution in [0.5, 0.6) is 0 Å². The van der Waals surface area contributed by atoms with Crippen molar-refractivity contribution in [3.63, 3.8) is 0 Å². The summed E-state index contributed by atoms with van der Waals surface area (Å²) in [4.78, 5) is 9.11. The largest absolute Gasteiger partial charge is 0.384 e. The van der Waals surface area contributed by atoms with Crippen LogP contribution in [0.25, 0.3) is 0 Å². The molecule has 5 nitrogen and oxygen atoms in total. The number of rotatable bonds is 2. The SMILES string of the molecule is Cc1ccnc(N2CCCN(C)CC2C)c1C(=N)N. The number of hydrogen-bond acceptors (Lipinski definition) is 4. The number of nitrogens with zero attached hydrogens (tertiary/aromatic N) is 3. The summed E-state index contributed by atoms with van der Waals surface area (Å²) in [6.45, 7) is 7.25. The van der Waals surface area contributed by atoms with Crippen LogP contribution in [0.1, 0.15) is 24.5 Å². The number of aryl methyl sites for hydroxylation is 1. The second kappa shape index (κ2) is 5.57. The van der Waals surface area contributed by atoms with E-state index in [0.717, 1.165) is 43.0 Å². The Labute approximate surface area is 114 Å². The van der Waals surface area contributed by atoms with Gasteiger partial charge in [-0.1, -0.05) is 0 Å². The zero-order valence-corrected chi connectivity index (χ0v) is 12.0. The lowest BCUT2D eigenvalue weighted by Crippen LogP contribution is -2.39. The second-order valence-electron chi connectivity index (χ2n) is 5.40. The first-order valence-electron chi connectivity index (χ1n) is 6.76. The normalized spacial score (nSPS) is 21.2. The van der Waals surface area contributed by atoms with Crippen LogP contribution in [0.2, 0.25) is 0 Å². The van der Waals surface area contributed by atoms with E-state index in [2.05, 4.69) is 28.8 Å². The Bertz CT molecular complexity index is 471. The monoisotopic (exact) mass is 261 g/mol. The number of likely N-dealkylation sites (N-methyl/N-ethyl adjacent to an activating group) is 1. The summed E-state index contributed by atoms with van der Waals surface area (Å²) >= 11 is 0. The van der Waals surface area contributed by atoms with Crippen molar-refractivity contribution in [2.45, 2.75) is 26.3 Å². The predicted octanol–water partition coefficient (Wildman–Crippen LogP) is 1.20. The van der Waals surface area contributed by atoms with Gasteiger partial charge in [0, 0.05) is 25.3 Å². The standard InChI is InChI=1S/C14H23N5/c1-10-5-6-17-14(12(10)13(15)16)19-8-4-7-18(3)9-11(19)2/h5-6,11H,4,7-9H2,1-3H3,(H3,15,16). The van der Waals surface area contributed by atoms with Gasteiger partial charge in [0.25, 0.3) is 0 Å². The molecule has 3 N–H and O–H groups in total. The summed E-state index contributed by atoms with van der Waals surface area (Å²) in [5, 5.41) is 7.80. The number of nitrogen functional groups attached to an aromatic ring is 1. The van der Waals surface area contributed by atoms with Gasteiger partial charge in [0.2, 0.25) is 0 Å². The summed E-state index contributed by atoms with van der Waals surface area (Å²) < 4.78 is 0. The van der Waals surface area contributed by atoms with Gasteiger partial charge >= 0.3 is 0 Å². The maximum atomic E-state index is 7.80. The summed E-state index contributed by atoms with van der Waals surface area (Å²) in [6.07, 6.45) is 2.91. The first kappa shape index (κ1) is 13.8. The maximum absolute atomic E-state index is 7.80. The molecular weight excluding hydrogens is 238 g/mol. The van der Waals surface area contributed by atoms with Crippen LogP contribution in [0.15, 0.2) is 12.3 Å². The van der Waals surface area contributed by atoms with Gasteiger partial charge < -0.3 is 15.5 Å². The quantitative estimate of drug-likeness (QED) is 0.620. The maximum Gasteiger partial charge on any atom is 0.140 e. The third-order valence-electron chi connectivity index (χ3n) is 3.73. The minimum atomic E-state index is 0.102. The van der Waals surface area contributed by atoms with Crippen LogP contribution in [0.3, 0.4) is 0 Å².